The second kappa shape index (κ2) is 6.52. The number of methoxy groups -OCH3 is 1. The lowest BCUT2D eigenvalue weighted by Crippen LogP contribution is -2.24. The number of rotatable bonds is 6. The van der Waals surface area contributed by atoms with Crippen LogP contribution < -0.4 is 10.1 Å². The van der Waals surface area contributed by atoms with Gasteiger partial charge in [0.05, 0.1) is 25.0 Å². The van der Waals surface area contributed by atoms with E-state index in [0.717, 1.165) is 35.7 Å². The summed E-state index contributed by atoms with van der Waals surface area (Å²) in [6.07, 6.45) is 4.61. The fourth-order valence-corrected chi connectivity index (χ4v) is 2.42. The van der Waals surface area contributed by atoms with Crippen LogP contribution in [-0.2, 0) is 6.54 Å². The van der Waals surface area contributed by atoms with Gasteiger partial charge < -0.3 is 10.1 Å². The van der Waals surface area contributed by atoms with Crippen LogP contribution in [0.15, 0.2) is 24.5 Å². The van der Waals surface area contributed by atoms with E-state index >= 15 is 0 Å². The molecule has 0 aliphatic heterocycles. The van der Waals surface area contributed by atoms with Gasteiger partial charge in [0.1, 0.15) is 5.69 Å². The monoisotopic (exact) mass is 274 g/mol. The average molecular weight is 274 g/mol. The Morgan fingerprint density at radius 3 is 2.85 bits per heavy atom. The van der Waals surface area contributed by atoms with E-state index < -0.39 is 0 Å². The van der Waals surface area contributed by atoms with E-state index in [-0.39, 0.29) is 6.04 Å². The van der Waals surface area contributed by atoms with E-state index in [1.54, 1.807) is 13.3 Å². The topological polar surface area (TPSA) is 52.0 Å². The van der Waals surface area contributed by atoms with E-state index in [1.165, 1.54) is 0 Å². The van der Waals surface area contributed by atoms with Crippen molar-refractivity contribution in [2.75, 3.05) is 14.2 Å². The van der Waals surface area contributed by atoms with Crippen molar-refractivity contribution in [2.45, 2.75) is 32.9 Å². The van der Waals surface area contributed by atoms with Crippen molar-refractivity contribution in [3.8, 4) is 5.75 Å². The number of aryl methyl sites for hydroxylation is 2. The Hall–Kier alpha value is -1.88. The first kappa shape index (κ1) is 14.5. The molecule has 0 bridgehead atoms. The lowest BCUT2D eigenvalue weighted by atomic mass is 10.0. The van der Waals surface area contributed by atoms with Gasteiger partial charge in [0.2, 0.25) is 0 Å². The van der Waals surface area contributed by atoms with E-state index in [0.29, 0.717) is 0 Å². The van der Waals surface area contributed by atoms with E-state index in [9.17, 15) is 0 Å². The Morgan fingerprint density at radius 1 is 1.45 bits per heavy atom. The van der Waals surface area contributed by atoms with Crippen LogP contribution in [-0.4, -0.2) is 28.9 Å². The number of nitrogens with one attached hydrogen (secondary N) is 1. The molecule has 1 atom stereocenters. The van der Waals surface area contributed by atoms with Crippen molar-refractivity contribution in [1.82, 2.24) is 20.1 Å². The maximum Gasteiger partial charge on any atom is 0.161 e. The Bertz CT molecular complexity index is 565. The summed E-state index contributed by atoms with van der Waals surface area (Å²) in [6, 6.07) is 3.99. The zero-order valence-electron chi connectivity index (χ0n) is 12.6. The summed E-state index contributed by atoms with van der Waals surface area (Å²) in [5, 5.41) is 7.76. The normalized spacial score (nSPS) is 12.4. The molecule has 1 N–H and O–H groups in total. The second-order valence-electron chi connectivity index (χ2n) is 4.75. The molecule has 108 valence electrons. The first-order valence-corrected chi connectivity index (χ1v) is 6.91. The molecular formula is C15H22N4O. The molecule has 5 heteroatoms. The molecule has 2 aromatic heterocycles. The fourth-order valence-electron chi connectivity index (χ4n) is 2.42. The Kier molecular flexibility index (Phi) is 4.74. The van der Waals surface area contributed by atoms with Crippen molar-refractivity contribution in [3.63, 3.8) is 0 Å². The molecule has 2 aromatic rings. The number of aromatic nitrogens is 3. The van der Waals surface area contributed by atoms with Gasteiger partial charge in [-0.2, -0.15) is 5.10 Å². The summed E-state index contributed by atoms with van der Waals surface area (Å²) in [6.45, 7) is 5.07. The van der Waals surface area contributed by atoms with Crippen LogP contribution in [0.1, 0.15) is 36.3 Å². The van der Waals surface area contributed by atoms with Gasteiger partial charge in [-0.25, -0.2) is 0 Å². The molecule has 0 saturated heterocycles. The summed E-state index contributed by atoms with van der Waals surface area (Å²) in [5.41, 5.74) is 3.18. The Labute approximate surface area is 120 Å². The molecule has 0 aliphatic rings. The van der Waals surface area contributed by atoms with Gasteiger partial charge in [0, 0.05) is 12.7 Å². The zero-order valence-corrected chi connectivity index (χ0v) is 12.6. The van der Waals surface area contributed by atoms with Gasteiger partial charge in [-0.3, -0.25) is 9.67 Å². The maximum atomic E-state index is 5.47. The molecule has 0 spiro atoms. The number of pyridine rings is 1. The highest BCUT2D eigenvalue weighted by atomic mass is 16.5. The zero-order chi connectivity index (χ0) is 14.5. The number of hydrogen-bond donors (Lipinski definition) is 1. The van der Waals surface area contributed by atoms with Gasteiger partial charge in [-0.1, -0.05) is 13.0 Å². The summed E-state index contributed by atoms with van der Waals surface area (Å²) in [4.78, 5) is 4.52. The minimum absolute atomic E-state index is 0.0276. The number of hydrogen-bond acceptors (Lipinski definition) is 4. The largest absolute Gasteiger partial charge is 0.493 e. The number of ether oxygens (including phenoxy) is 1. The Morgan fingerprint density at radius 2 is 2.25 bits per heavy atom. The third kappa shape index (κ3) is 2.67. The first-order valence-electron chi connectivity index (χ1n) is 6.91. The van der Waals surface area contributed by atoms with Crippen LogP contribution in [0.3, 0.4) is 0 Å². The summed E-state index contributed by atoms with van der Waals surface area (Å²) in [5.74, 6) is 0.794. The highest BCUT2D eigenvalue weighted by Crippen LogP contribution is 2.30. The van der Waals surface area contributed by atoms with Gasteiger partial charge in [0.25, 0.3) is 0 Å². The molecule has 2 rings (SSSR count). The van der Waals surface area contributed by atoms with Crippen LogP contribution in [0.2, 0.25) is 0 Å². The standard InChI is InChI=1S/C15H22N4O/c1-5-9-19-15(12(20-4)10-18-19)14(16-3)13-11(2)7-6-8-17-13/h6-8,10,14,16H,5,9H2,1-4H3. The highest BCUT2D eigenvalue weighted by molar-refractivity contribution is 5.36. The molecule has 2 heterocycles. The smallest absolute Gasteiger partial charge is 0.161 e. The van der Waals surface area contributed by atoms with Crippen molar-refractivity contribution in [1.29, 1.82) is 0 Å². The van der Waals surface area contributed by atoms with Crippen LogP contribution in [0.25, 0.3) is 0 Å². The fraction of sp³-hybridized carbons (Fsp3) is 0.467. The van der Waals surface area contributed by atoms with E-state index in [4.69, 9.17) is 4.74 Å². The molecule has 0 saturated carbocycles. The third-order valence-corrected chi connectivity index (χ3v) is 3.39. The molecule has 0 amide bonds. The quantitative estimate of drug-likeness (QED) is 0.878. The molecule has 0 aliphatic carbocycles. The lowest BCUT2D eigenvalue weighted by Gasteiger charge is -2.20. The molecule has 0 radical (unpaired) electrons. The molecule has 1 unspecified atom stereocenters. The minimum atomic E-state index is -0.0276. The van der Waals surface area contributed by atoms with Crippen LogP contribution in [0.5, 0.6) is 5.75 Å². The van der Waals surface area contributed by atoms with Gasteiger partial charge in [-0.15, -0.1) is 0 Å². The van der Waals surface area contributed by atoms with Crippen molar-refractivity contribution in [3.05, 3.63) is 41.5 Å². The van der Waals surface area contributed by atoms with Crippen LogP contribution in [0, 0.1) is 6.92 Å². The van der Waals surface area contributed by atoms with Crippen molar-refractivity contribution in [2.24, 2.45) is 0 Å². The van der Waals surface area contributed by atoms with Crippen molar-refractivity contribution >= 4 is 0 Å². The Balaban J connectivity index is 2.51. The highest BCUT2D eigenvalue weighted by Gasteiger charge is 2.24. The molecule has 20 heavy (non-hydrogen) atoms. The SMILES string of the molecule is CCCn1ncc(OC)c1C(NC)c1ncccc1C. The van der Waals surface area contributed by atoms with Gasteiger partial charge in [-0.05, 0) is 32.0 Å². The summed E-state index contributed by atoms with van der Waals surface area (Å²) >= 11 is 0. The van der Waals surface area contributed by atoms with E-state index in [2.05, 4.69) is 35.3 Å². The van der Waals surface area contributed by atoms with Gasteiger partial charge >= 0.3 is 0 Å². The maximum absolute atomic E-state index is 5.47. The van der Waals surface area contributed by atoms with Gasteiger partial charge in [0.15, 0.2) is 5.75 Å². The summed E-state index contributed by atoms with van der Waals surface area (Å²) in [7, 11) is 3.61. The molecule has 0 fully saturated rings. The molecule has 0 aromatic carbocycles. The lowest BCUT2D eigenvalue weighted by molar-refractivity contribution is 0.399. The molecular weight excluding hydrogens is 252 g/mol. The molecule has 5 nitrogen and oxygen atoms in total. The van der Waals surface area contributed by atoms with Crippen LogP contribution >= 0.6 is 0 Å². The average Bonchev–Trinajstić information content (AvgIpc) is 2.85. The predicted octanol–water partition coefficient (Wildman–Crippen LogP) is 2.31. The number of nitrogens with zero attached hydrogens (tertiary/aromatic N) is 3. The van der Waals surface area contributed by atoms with Crippen molar-refractivity contribution < 1.29 is 4.74 Å². The van der Waals surface area contributed by atoms with Crippen LogP contribution in [0.4, 0.5) is 0 Å². The second-order valence-corrected chi connectivity index (χ2v) is 4.75. The third-order valence-electron chi connectivity index (χ3n) is 3.39. The minimum Gasteiger partial charge on any atom is -0.493 e. The summed E-state index contributed by atoms with van der Waals surface area (Å²) < 4.78 is 7.46. The van der Waals surface area contributed by atoms with E-state index in [1.807, 2.05) is 24.0 Å². The predicted molar refractivity (Wildman–Crippen MR) is 78.9 cm³/mol. The first-order chi connectivity index (χ1) is 9.72.